The predicted molar refractivity (Wildman–Crippen MR) is 96.2 cm³/mol. The van der Waals surface area contributed by atoms with E-state index in [-0.39, 0.29) is 17.9 Å². The lowest BCUT2D eigenvalue weighted by Crippen LogP contribution is -2.38. The Labute approximate surface area is 146 Å². The van der Waals surface area contributed by atoms with Gasteiger partial charge in [0, 0.05) is 43.7 Å². The van der Waals surface area contributed by atoms with Crippen molar-refractivity contribution in [2.24, 2.45) is 13.0 Å². The van der Waals surface area contributed by atoms with Crippen LogP contribution in [0.4, 0.5) is 0 Å². The molecule has 0 spiro atoms. The molecule has 3 rings (SSSR count). The van der Waals surface area contributed by atoms with Gasteiger partial charge >= 0.3 is 0 Å². The maximum absolute atomic E-state index is 12.8. The number of hydrogen-bond donors (Lipinski definition) is 1. The first-order chi connectivity index (χ1) is 11.5. The topological polar surface area (TPSA) is 58.4 Å². The average Bonchev–Trinajstić information content (AvgIpc) is 3.14. The molecule has 0 saturated heterocycles. The van der Waals surface area contributed by atoms with Crippen molar-refractivity contribution in [2.75, 3.05) is 13.6 Å². The van der Waals surface area contributed by atoms with Gasteiger partial charge in [-0.05, 0) is 25.8 Å². The van der Waals surface area contributed by atoms with E-state index in [1.165, 1.54) is 0 Å². The predicted octanol–water partition coefficient (Wildman–Crippen LogP) is 3.08. The molecule has 2 aromatic rings. The van der Waals surface area contributed by atoms with Crippen LogP contribution in [0, 0.1) is 12.8 Å². The summed E-state index contributed by atoms with van der Waals surface area (Å²) in [6, 6.07) is 1.91. The van der Waals surface area contributed by atoms with E-state index in [1.54, 1.807) is 16.2 Å². The average molecular weight is 347 g/mol. The van der Waals surface area contributed by atoms with Gasteiger partial charge in [-0.25, -0.2) is 4.98 Å². The van der Waals surface area contributed by atoms with E-state index in [0.29, 0.717) is 12.2 Å². The fourth-order valence-electron chi connectivity index (χ4n) is 3.44. The Morgan fingerprint density at radius 3 is 2.88 bits per heavy atom. The normalized spacial score (nSPS) is 21.0. The molecule has 130 valence electrons. The quantitative estimate of drug-likeness (QED) is 0.925. The number of aliphatic hydroxyl groups is 1. The molecule has 1 aliphatic carbocycles. The lowest BCUT2D eigenvalue weighted by molar-refractivity contribution is 0.0447. The van der Waals surface area contributed by atoms with Gasteiger partial charge in [-0.2, -0.15) is 0 Å². The van der Waals surface area contributed by atoms with Crippen molar-refractivity contribution in [1.29, 1.82) is 0 Å². The van der Waals surface area contributed by atoms with Gasteiger partial charge in [-0.15, -0.1) is 11.3 Å². The second-order valence-electron chi connectivity index (χ2n) is 6.77. The van der Waals surface area contributed by atoms with Crippen LogP contribution in [0.15, 0.2) is 17.6 Å². The van der Waals surface area contributed by atoms with E-state index >= 15 is 0 Å². The van der Waals surface area contributed by atoms with Crippen LogP contribution in [0.2, 0.25) is 0 Å². The summed E-state index contributed by atoms with van der Waals surface area (Å²) in [5, 5.41) is 13.2. The molecule has 6 heteroatoms. The highest BCUT2D eigenvalue weighted by atomic mass is 32.1. The van der Waals surface area contributed by atoms with E-state index < -0.39 is 0 Å². The van der Waals surface area contributed by atoms with E-state index in [9.17, 15) is 9.90 Å². The molecule has 2 aromatic heterocycles. The Balaban J connectivity index is 1.73. The zero-order valence-corrected chi connectivity index (χ0v) is 15.3. The molecule has 0 aliphatic heterocycles. The molecule has 5 nitrogen and oxygen atoms in total. The van der Waals surface area contributed by atoms with Crippen molar-refractivity contribution in [1.82, 2.24) is 14.5 Å². The molecule has 0 radical (unpaired) electrons. The SMILES string of the molecule is Cc1nc(-c2cc(C(=O)N(C)CC3CCCCC3O)n(C)c2)cs1. The molecule has 2 unspecified atom stereocenters. The van der Waals surface area contributed by atoms with Crippen LogP contribution in [0.25, 0.3) is 11.3 Å². The van der Waals surface area contributed by atoms with Crippen LogP contribution < -0.4 is 0 Å². The Kier molecular flexibility index (Phi) is 5.06. The molecule has 1 aliphatic rings. The highest BCUT2D eigenvalue weighted by Gasteiger charge is 2.27. The highest BCUT2D eigenvalue weighted by Crippen LogP contribution is 2.27. The van der Waals surface area contributed by atoms with Gasteiger partial charge in [0.05, 0.1) is 16.8 Å². The smallest absolute Gasteiger partial charge is 0.270 e. The minimum atomic E-state index is -0.282. The number of amides is 1. The fourth-order valence-corrected chi connectivity index (χ4v) is 4.07. The van der Waals surface area contributed by atoms with Gasteiger partial charge in [-0.1, -0.05) is 12.8 Å². The Hall–Kier alpha value is -1.66. The van der Waals surface area contributed by atoms with Gasteiger partial charge in [0.25, 0.3) is 5.91 Å². The number of rotatable bonds is 4. The minimum Gasteiger partial charge on any atom is -0.393 e. The molecular formula is C18H25N3O2S. The number of thiazole rings is 1. The number of carbonyl (C=O) groups is 1. The summed E-state index contributed by atoms with van der Waals surface area (Å²) in [4.78, 5) is 19.0. The van der Waals surface area contributed by atoms with E-state index in [1.807, 2.05) is 43.2 Å². The van der Waals surface area contributed by atoms with E-state index in [0.717, 1.165) is 41.9 Å². The fraction of sp³-hybridized carbons (Fsp3) is 0.556. The van der Waals surface area contributed by atoms with E-state index in [4.69, 9.17) is 0 Å². The van der Waals surface area contributed by atoms with Crippen molar-refractivity contribution in [3.05, 3.63) is 28.3 Å². The first kappa shape index (κ1) is 17.2. The van der Waals surface area contributed by atoms with Gasteiger partial charge in [0.1, 0.15) is 5.69 Å². The summed E-state index contributed by atoms with van der Waals surface area (Å²) >= 11 is 1.61. The summed E-state index contributed by atoms with van der Waals surface area (Å²) in [6.45, 7) is 2.59. The van der Waals surface area contributed by atoms with Crippen molar-refractivity contribution in [2.45, 2.75) is 38.7 Å². The number of carbonyl (C=O) groups excluding carboxylic acids is 1. The highest BCUT2D eigenvalue weighted by molar-refractivity contribution is 7.09. The molecule has 2 atom stereocenters. The van der Waals surface area contributed by atoms with Gasteiger partial charge < -0.3 is 14.6 Å². The zero-order chi connectivity index (χ0) is 17.3. The van der Waals surface area contributed by atoms with Crippen LogP contribution in [0.1, 0.15) is 41.2 Å². The van der Waals surface area contributed by atoms with Gasteiger partial charge in [0.2, 0.25) is 0 Å². The molecule has 1 N–H and O–H groups in total. The molecular weight excluding hydrogens is 322 g/mol. The minimum absolute atomic E-state index is 0.00604. The van der Waals surface area contributed by atoms with Crippen LogP contribution >= 0.6 is 11.3 Å². The van der Waals surface area contributed by atoms with Crippen LogP contribution in [0.5, 0.6) is 0 Å². The number of aryl methyl sites for hydroxylation is 2. The standard InChI is InChI=1S/C18H25N3O2S/c1-12-19-15(11-24-12)14-8-16(20(2)10-14)18(23)21(3)9-13-6-4-5-7-17(13)22/h8,10-11,13,17,22H,4-7,9H2,1-3H3. The third-order valence-corrected chi connectivity index (χ3v) is 5.64. The van der Waals surface area contributed by atoms with Crippen molar-refractivity contribution < 1.29 is 9.90 Å². The number of hydrogen-bond acceptors (Lipinski definition) is 4. The van der Waals surface area contributed by atoms with Crippen molar-refractivity contribution in [3.8, 4) is 11.3 Å². The zero-order valence-electron chi connectivity index (χ0n) is 14.5. The van der Waals surface area contributed by atoms with Crippen molar-refractivity contribution in [3.63, 3.8) is 0 Å². The molecule has 24 heavy (non-hydrogen) atoms. The molecule has 1 amide bonds. The molecule has 1 fully saturated rings. The Bertz CT molecular complexity index is 722. The maximum Gasteiger partial charge on any atom is 0.270 e. The summed E-state index contributed by atoms with van der Waals surface area (Å²) in [5.41, 5.74) is 2.54. The lowest BCUT2D eigenvalue weighted by Gasteiger charge is -2.31. The molecule has 0 bridgehead atoms. The number of aromatic nitrogens is 2. The van der Waals surface area contributed by atoms with E-state index in [2.05, 4.69) is 4.98 Å². The molecule has 2 heterocycles. The first-order valence-corrected chi connectivity index (χ1v) is 9.36. The summed E-state index contributed by atoms with van der Waals surface area (Å²) in [7, 11) is 3.71. The van der Waals surface area contributed by atoms with Crippen LogP contribution in [-0.4, -0.2) is 45.2 Å². The third kappa shape index (κ3) is 3.54. The maximum atomic E-state index is 12.8. The third-order valence-electron chi connectivity index (χ3n) is 4.86. The largest absolute Gasteiger partial charge is 0.393 e. The second-order valence-corrected chi connectivity index (χ2v) is 7.84. The summed E-state index contributed by atoms with van der Waals surface area (Å²) in [5.74, 6) is 0.183. The molecule has 0 aromatic carbocycles. The lowest BCUT2D eigenvalue weighted by atomic mass is 9.86. The van der Waals surface area contributed by atoms with Crippen LogP contribution in [-0.2, 0) is 7.05 Å². The Morgan fingerprint density at radius 1 is 1.46 bits per heavy atom. The van der Waals surface area contributed by atoms with Crippen molar-refractivity contribution >= 4 is 17.2 Å². The van der Waals surface area contributed by atoms with Crippen LogP contribution in [0.3, 0.4) is 0 Å². The molecule has 1 saturated carbocycles. The summed E-state index contributed by atoms with van der Waals surface area (Å²) in [6.07, 6.45) is 5.74. The monoisotopic (exact) mass is 347 g/mol. The summed E-state index contributed by atoms with van der Waals surface area (Å²) < 4.78 is 1.86. The second kappa shape index (κ2) is 7.07. The first-order valence-electron chi connectivity index (χ1n) is 8.48. The number of aliphatic hydroxyl groups excluding tert-OH is 1. The van der Waals surface area contributed by atoms with Gasteiger partial charge in [-0.3, -0.25) is 4.79 Å². The van der Waals surface area contributed by atoms with Gasteiger partial charge in [0.15, 0.2) is 0 Å². The number of nitrogens with zero attached hydrogens (tertiary/aromatic N) is 3. The Morgan fingerprint density at radius 2 is 2.21 bits per heavy atom.